The van der Waals surface area contributed by atoms with Crippen molar-refractivity contribution in [3.8, 4) is 0 Å². The first-order valence-corrected chi connectivity index (χ1v) is 6.56. The summed E-state index contributed by atoms with van der Waals surface area (Å²) in [5.74, 6) is -2.77. The third-order valence-electron chi connectivity index (χ3n) is 3.30. The molecule has 0 fully saturated rings. The first-order valence-electron chi connectivity index (χ1n) is 6.56. The normalized spacial score (nSPS) is 10.7. The fourth-order valence-electron chi connectivity index (χ4n) is 2.21. The molecule has 8 nitrogen and oxygen atoms in total. The van der Waals surface area contributed by atoms with Gasteiger partial charge in [-0.2, -0.15) is 0 Å². The highest BCUT2D eigenvalue weighted by Gasteiger charge is 2.13. The van der Waals surface area contributed by atoms with E-state index in [1.807, 2.05) is 0 Å². The average Bonchev–Trinajstić information content (AvgIpc) is 2.53. The quantitative estimate of drug-likeness (QED) is 0.727. The van der Waals surface area contributed by atoms with E-state index in [1.165, 1.54) is 12.1 Å². The van der Waals surface area contributed by atoms with Gasteiger partial charge in [-0.3, -0.25) is 0 Å². The Bertz CT molecular complexity index is 1060. The molecule has 0 saturated heterocycles. The Morgan fingerprint density at radius 2 is 1.12 bits per heavy atom. The zero-order chi connectivity index (χ0) is 17.4. The molecule has 120 valence electrons. The molecule has 3 rings (SSSR count). The SMILES string of the molecule is O=C(O)c1ccc2cc1c(=O)oc(=O)c1cc(ccc1C(=O)O)o2. The summed E-state index contributed by atoms with van der Waals surface area (Å²) in [5, 5.41) is 17.5. The highest BCUT2D eigenvalue weighted by Crippen LogP contribution is 2.16. The zero-order valence-corrected chi connectivity index (χ0v) is 11.8. The molecule has 8 heteroatoms. The molecule has 0 atom stereocenters. The number of benzene rings is 2. The molecular weight excluding hydrogens is 320 g/mol. The van der Waals surface area contributed by atoms with Gasteiger partial charge in [0.2, 0.25) is 0 Å². The smallest absolute Gasteiger partial charge is 0.347 e. The second-order valence-electron chi connectivity index (χ2n) is 4.80. The van der Waals surface area contributed by atoms with Gasteiger partial charge >= 0.3 is 23.2 Å². The highest BCUT2D eigenvalue weighted by atomic mass is 16.4. The number of carboxylic acid groups (broad SMARTS) is 2. The van der Waals surface area contributed by atoms with Crippen molar-refractivity contribution in [3.05, 3.63) is 68.4 Å². The molecule has 1 heterocycles. The average molecular weight is 328 g/mol. The molecule has 4 bridgehead atoms. The molecule has 0 amide bonds. The van der Waals surface area contributed by atoms with Crippen LogP contribution in [0.15, 0.2) is 54.8 Å². The number of carboxylic acids is 2. The maximum atomic E-state index is 12.1. The van der Waals surface area contributed by atoms with Gasteiger partial charge in [0.25, 0.3) is 0 Å². The summed E-state index contributed by atoms with van der Waals surface area (Å²) in [4.78, 5) is 46.6. The molecule has 0 aliphatic rings. The summed E-state index contributed by atoms with van der Waals surface area (Å²) in [5.41, 5.74) is -2.91. The first-order chi connectivity index (χ1) is 11.4. The second kappa shape index (κ2) is 5.51. The van der Waals surface area contributed by atoms with Crippen molar-refractivity contribution in [2.24, 2.45) is 0 Å². The standard InChI is InChI=1S/C16H8O8/c17-13(18)9-3-1-7-5-11(9)15(21)24-16(22)12-6-8(23-7)2-4-10(12)14(19)20/h1-6H,(H,17,18)(H,19,20). The lowest BCUT2D eigenvalue weighted by Crippen LogP contribution is -2.12. The van der Waals surface area contributed by atoms with Crippen LogP contribution in [0.25, 0.3) is 21.9 Å². The molecule has 0 unspecified atom stereocenters. The Labute approximate surface area is 131 Å². The van der Waals surface area contributed by atoms with Crippen molar-refractivity contribution in [2.75, 3.05) is 0 Å². The van der Waals surface area contributed by atoms with Gasteiger partial charge in [-0.1, -0.05) is 0 Å². The van der Waals surface area contributed by atoms with Crippen LogP contribution >= 0.6 is 0 Å². The van der Waals surface area contributed by atoms with Crippen LogP contribution < -0.4 is 11.3 Å². The molecule has 2 N–H and O–H groups in total. The third kappa shape index (κ3) is 2.56. The molecule has 0 radical (unpaired) electrons. The van der Waals surface area contributed by atoms with Gasteiger partial charge in [0.1, 0.15) is 11.2 Å². The lowest BCUT2D eigenvalue weighted by molar-refractivity contribution is 0.0688. The molecule has 1 aromatic heterocycles. The molecular formula is C16H8O8. The van der Waals surface area contributed by atoms with E-state index in [4.69, 9.17) is 14.6 Å². The molecule has 0 aliphatic carbocycles. The molecule has 0 spiro atoms. The van der Waals surface area contributed by atoms with E-state index in [0.717, 1.165) is 24.3 Å². The van der Waals surface area contributed by atoms with E-state index < -0.39 is 23.2 Å². The van der Waals surface area contributed by atoms with E-state index in [1.54, 1.807) is 0 Å². The summed E-state index contributed by atoms with van der Waals surface area (Å²) in [6, 6.07) is 7.22. The van der Waals surface area contributed by atoms with Gasteiger partial charge in [-0.25, -0.2) is 19.2 Å². The largest absolute Gasteiger partial charge is 0.478 e. The van der Waals surface area contributed by atoms with E-state index in [0.29, 0.717) is 0 Å². The van der Waals surface area contributed by atoms with Crippen LogP contribution in [0.3, 0.4) is 0 Å². The minimum atomic E-state index is -1.39. The van der Waals surface area contributed by atoms with Crippen LogP contribution in [-0.4, -0.2) is 22.2 Å². The van der Waals surface area contributed by atoms with Gasteiger partial charge in [0.15, 0.2) is 0 Å². The topological polar surface area (TPSA) is 135 Å². The van der Waals surface area contributed by atoms with Crippen molar-refractivity contribution in [1.29, 1.82) is 0 Å². The Morgan fingerprint density at radius 3 is 1.50 bits per heavy atom. The lowest BCUT2D eigenvalue weighted by atomic mass is 10.1. The van der Waals surface area contributed by atoms with E-state index >= 15 is 0 Å². The Kier molecular flexibility index (Phi) is 3.49. The summed E-state index contributed by atoms with van der Waals surface area (Å²) in [7, 11) is 0. The number of carbonyl (C=O) groups is 2. The van der Waals surface area contributed by atoms with Gasteiger partial charge in [0, 0.05) is 0 Å². The summed E-state index contributed by atoms with van der Waals surface area (Å²) in [6.45, 7) is 0. The van der Waals surface area contributed by atoms with Crippen LogP contribution in [0.5, 0.6) is 0 Å². The Hall–Kier alpha value is -3.68. The number of hydrogen-bond donors (Lipinski definition) is 2. The predicted octanol–water partition coefficient (Wildman–Crippen LogP) is 1.86. The molecule has 0 aliphatic heterocycles. The fraction of sp³-hybridized carbons (Fsp3) is 0. The van der Waals surface area contributed by atoms with Crippen molar-refractivity contribution in [3.63, 3.8) is 0 Å². The highest BCUT2D eigenvalue weighted by molar-refractivity contribution is 5.98. The molecule has 2 aromatic carbocycles. The lowest BCUT2D eigenvalue weighted by Gasteiger charge is -1.99. The third-order valence-corrected chi connectivity index (χ3v) is 3.30. The van der Waals surface area contributed by atoms with Crippen LogP contribution in [-0.2, 0) is 0 Å². The molecule has 3 aromatic rings. The maximum absolute atomic E-state index is 12.1. The van der Waals surface area contributed by atoms with Gasteiger partial charge in [0.05, 0.1) is 21.9 Å². The minimum Gasteiger partial charge on any atom is -0.478 e. The minimum absolute atomic E-state index is 0.135. The van der Waals surface area contributed by atoms with Crippen LogP contribution in [0, 0.1) is 0 Å². The summed E-state index contributed by atoms with van der Waals surface area (Å²) >= 11 is 0. The van der Waals surface area contributed by atoms with Gasteiger partial charge in [-0.05, 0) is 36.4 Å². The van der Waals surface area contributed by atoms with E-state index in [-0.39, 0.29) is 33.1 Å². The van der Waals surface area contributed by atoms with Gasteiger partial charge in [-0.15, -0.1) is 0 Å². The Balaban J connectivity index is 2.60. The zero-order valence-electron chi connectivity index (χ0n) is 11.8. The monoisotopic (exact) mass is 328 g/mol. The second-order valence-corrected chi connectivity index (χ2v) is 4.80. The molecule has 24 heavy (non-hydrogen) atoms. The number of rotatable bonds is 2. The fourth-order valence-corrected chi connectivity index (χ4v) is 2.21. The van der Waals surface area contributed by atoms with Crippen molar-refractivity contribution >= 4 is 33.9 Å². The molecule has 0 saturated carbocycles. The van der Waals surface area contributed by atoms with Crippen LogP contribution in [0.2, 0.25) is 0 Å². The van der Waals surface area contributed by atoms with Crippen molar-refractivity contribution in [1.82, 2.24) is 0 Å². The van der Waals surface area contributed by atoms with Crippen molar-refractivity contribution in [2.45, 2.75) is 0 Å². The number of aromatic carboxylic acids is 2. The summed E-state index contributed by atoms with van der Waals surface area (Å²) < 4.78 is 10.1. The predicted molar refractivity (Wildman–Crippen MR) is 81.3 cm³/mol. The first kappa shape index (κ1) is 15.2. The van der Waals surface area contributed by atoms with Crippen LogP contribution in [0.1, 0.15) is 20.7 Å². The number of fused-ring (bicyclic) bond motifs is 4. The number of hydrogen-bond acceptors (Lipinski definition) is 6. The van der Waals surface area contributed by atoms with Crippen molar-refractivity contribution < 1.29 is 28.6 Å². The Morgan fingerprint density at radius 1 is 0.708 bits per heavy atom. The van der Waals surface area contributed by atoms with Crippen LogP contribution in [0.4, 0.5) is 0 Å². The summed E-state index contributed by atoms with van der Waals surface area (Å²) in [6.07, 6.45) is 0. The maximum Gasteiger partial charge on any atom is 0.347 e. The van der Waals surface area contributed by atoms with Gasteiger partial charge < -0.3 is 19.0 Å². The van der Waals surface area contributed by atoms with E-state index in [9.17, 15) is 19.2 Å². The van der Waals surface area contributed by atoms with E-state index in [2.05, 4.69) is 4.42 Å².